The summed E-state index contributed by atoms with van der Waals surface area (Å²) in [7, 11) is 0. The average Bonchev–Trinajstić information content (AvgIpc) is 3.10. The minimum absolute atomic E-state index is 0.102. The number of aromatic nitrogens is 2. The van der Waals surface area contributed by atoms with Gasteiger partial charge in [0.1, 0.15) is 0 Å². The van der Waals surface area contributed by atoms with Gasteiger partial charge in [-0.05, 0) is 55.8 Å². The molecule has 4 bridgehead atoms. The van der Waals surface area contributed by atoms with Crippen LogP contribution in [0.5, 0.6) is 0 Å². The molecule has 6 rings (SSSR count). The molecular weight excluding hydrogens is 352 g/mol. The summed E-state index contributed by atoms with van der Waals surface area (Å²) in [6.45, 7) is 0. The highest BCUT2D eigenvalue weighted by molar-refractivity contribution is 5.63. The van der Waals surface area contributed by atoms with Crippen molar-refractivity contribution in [1.29, 1.82) is 0 Å². The fourth-order valence-electron chi connectivity index (χ4n) is 5.74. The van der Waals surface area contributed by atoms with E-state index in [0.29, 0.717) is 17.7 Å². The number of rotatable bonds is 4. The molecule has 0 unspecified atom stereocenters. The summed E-state index contributed by atoms with van der Waals surface area (Å²) < 4.78 is 5.90. The predicted molar refractivity (Wildman–Crippen MR) is 92.8 cm³/mol. The summed E-state index contributed by atoms with van der Waals surface area (Å²) >= 11 is 0. The Morgan fingerprint density at radius 2 is 1.41 bits per heavy atom. The third-order valence-corrected chi connectivity index (χ3v) is 6.52. The molecule has 27 heavy (non-hydrogen) atoms. The molecule has 1 heterocycles. The summed E-state index contributed by atoms with van der Waals surface area (Å²) in [4.78, 5) is 20.9. The predicted octanol–water partition coefficient (Wildman–Crippen LogP) is 4.09. The van der Waals surface area contributed by atoms with Crippen LogP contribution in [0.4, 0.5) is 11.4 Å². The Bertz CT molecular complexity index is 879. The molecule has 4 fully saturated rings. The maximum atomic E-state index is 11.1. The van der Waals surface area contributed by atoms with Crippen molar-refractivity contribution < 1.29 is 14.3 Å². The fraction of sp³-hybridized carbons (Fsp3) is 0.556. The van der Waals surface area contributed by atoms with Gasteiger partial charge in [-0.25, -0.2) is 0 Å². The van der Waals surface area contributed by atoms with Gasteiger partial charge in [-0.3, -0.25) is 20.2 Å². The molecule has 2 aromatic rings. The molecule has 0 radical (unpaired) electrons. The van der Waals surface area contributed by atoms with Crippen molar-refractivity contribution in [2.45, 2.75) is 38.0 Å². The van der Waals surface area contributed by atoms with Crippen molar-refractivity contribution in [3.05, 3.63) is 44.3 Å². The first kappa shape index (κ1) is 16.3. The quantitative estimate of drug-likeness (QED) is 0.586. The maximum absolute atomic E-state index is 11.1. The lowest BCUT2D eigenvalue weighted by Crippen LogP contribution is -2.43. The molecule has 4 saturated carbocycles. The Morgan fingerprint density at radius 1 is 0.852 bits per heavy atom. The summed E-state index contributed by atoms with van der Waals surface area (Å²) in [5.74, 6) is 3.70. The van der Waals surface area contributed by atoms with E-state index in [1.54, 1.807) is 0 Å². The highest BCUT2D eigenvalue weighted by atomic mass is 16.6. The first-order valence-corrected chi connectivity index (χ1v) is 9.25. The van der Waals surface area contributed by atoms with E-state index < -0.39 is 9.85 Å². The third kappa shape index (κ3) is 2.68. The molecule has 4 aliphatic rings. The number of nitro groups is 2. The zero-order valence-corrected chi connectivity index (χ0v) is 14.5. The summed E-state index contributed by atoms with van der Waals surface area (Å²) in [5.41, 5.74) is -0.527. The number of benzene rings is 1. The monoisotopic (exact) mass is 370 g/mol. The number of hydrogen-bond donors (Lipinski definition) is 0. The van der Waals surface area contributed by atoms with Gasteiger partial charge >= 0.3 is 0 Å². The van der Waals surface area contributed by atoms with E-state index in [4.69, 9.17) is 4.42 Å². The first-order valence-electron chi connectivity index (χ1n) is 9.25. The SMILES string of the molecule is O=[N+]([O-])c1cc(-c2nnc(C3C4CC5CC(C4)CC3C5)o2)cc([N+](=O)[O-])c1. The van der Waals surface area contributed by atoms with E-state index in [9.17, 15) is 20.2 Å². The van der Waals surface area contributed by atoms with Crippen LogP contribution in [0, 0.1) is 43.9 Å². The smallest absolute Gasteiger partial charge is 0.277 e. The first-order chi connectivity index (χ1) is 13.0. The van der Waals surface area contributed by atoms with Gasteiger partial charge in [0.2, 0.25) is 11.8 Å². The van der Waals surface area contributed by atoms with Gasteiger partial charge < -0.3 is 4.42 Å². The Hall–Kier alpha value is -2.84. The van der Waals surface area contributed by atoms with Gasteiger partial charge in [-0.1, -0.05) is 0 Å². The molecule has 1 aromatic carbocycles. The van der Waals surface area contributed by atoms with Crippen LogP contribution in [0.1, 0.15) is 43.9 Å². The van der Waals surface area contributed by atoms with E-state index in [1.807, 2.05) is 0 Å². The van der Waals surface area contributed by atoms with Crippen LogP contribution in [-0.4, -0.2) is 20.0 Å². The fourth-order valence-corrected chi connectivity index (χ4v) is 5.74. The number of non-ortho nitro benzene ring substituents is 2. The molecule has 0 saturated heterocycles. The summed E-state index contributed by atoms with van der Waals surface area (Å²) in [6, 6.07) is 3.40. The van der Waals surface area contributed by atoms with Crippen LogP contribution in [0.25, 0.3) is 11.5 Å². The van der Waals surface area contributed by atoms with Crippen molar-refractivity contribution >= 4 is 11.4 Å². The Balaban J connectivity index is 1.49. The lowest BCUT2D eigenvalue weighted by molar-refractivity contribution is -0.394. The average molecular weight is 370 g/mol. The highest BCUT2D eigenvalue weighted by Crippen LogP contribution is 2.59. The van der Waals surface area contributed by atoms with E-state index in [2.05, 4.69) is 10.2 Å². The largest absolute Gasteiger partial charge is 0.420 e. The Labute approximate surface area is 154 Å². The minimum atomic E-state index is -0.661. The molecule has 0 atom stereocenters. The third-order valence-electron chi connectivity index (χ3n) is 6.52. The standard InChI is InChI=1S/C18H18N4O5/c23-21(24)14-6-13(7-15(8-14)22(25)26)17-19-20-18(27-17)16-11-2-9-1-10(4-11)5-12(16)3-9/h6-12,16H,1-5H2. The van der Waals surface area contributed by atoms with Crippen molar-refractivity contribution in [2.75, 3.05) is 0 Å². The van der Waals surface area contributed by atoms with E-state index in [-0.39, 0.29) is 28.7 Å². The van der Waals surface area contributed by atoms with Crippen LogP contribution in [0.2, 0.25) is 0 Å². The van der Waals surface area contributed by atoms with E-state index in [0.717, 1.165) is 17.9 Å². The Morgan fingerprint density at radius 3 is 1.93 bits per heavy atom. The molecule has 1 aromatic heterocycles. The van der Waals surface area contributed by atoms with Crippen molar-refractivity contribution in [1.82, 2.24) is 10.2 Å². The molecular formula is C18H18N4O5. The number of hydrogen-bond acceptors (Lipinski definition) is 7. The van der Waals surface area contributed by atoms with Crippen LogP contribution < -0.4 is 0 Å². The van der Waals surface area contributed by atoms with Gasteiger partial charge in [-0.2, -0.15) is 0 Å². The zero-order valence-electron chi connectivity index (χ0n) is 14.5. The van der Waals surface area contributed by atoms with Gasteiger partial charge in [0.25, 0.3) is 11.4 Å². The second kappa shape index (κ2) is 5.83. The van der Waals surface area contributed by atoms with Crippen LogP contribution in [-0.2, 0) is 0 Å². The zero-order chi connectivity index (χ0) is 18.7. The molecule has 9 nitrogen and oxygen atoms in total. The molecule has 140 valence electrons. The van der Waals surface area contributed by atoms with Gasteiger partial charge in [0.05, 0.1) is 21.5 Å². The summed E-state index contributed by atoms with van der Waals surface area (Å²) in [5, 5.41) is 30.5. The molecule has 0 aliphatic heterocycles. The van der Waals surface area contributed by atoms with Gasteiger partial charge in [0.15, 0.2) is 0 Å². The topological polar surface area (TPSA) is 125 Å². The van der Waals surface area contributed by atoms with Gasteiger partial charge in [0, 0.05) is 18.1 Å². The molecule has 4 aliphatic carbocycles. The van der Waals surface area contributed by atoms with Crippen molar-refractivity contribution in [3.8, 4) is 11.5 Å². The number of nitro benzene ring substituents is 2. The van der Waals surface area contributed by atoms with E-state index in [1.165, 1.54) is 44.2 Å². The normalized spacial score (nSPS) is 31.2. The number of nitrogens with zero attached hydrogens (tertiary/aromatic N) is 4. The minimum Gasteiger partial charge on any atom is -0.420 e. The highest BCUT2D eigenvalue weighted by Gasteiger charge is 2.50. The maximum Gasteiger partial charge on any atom is 0.277 e. The van der Waals surface area contributed by atoms with Crippen LogP contribution >= 0.6 is 0 Å². The van der Waals surface area contributed by atoms with Crippen molar-refractivity contribution in [3.63, 3.8) is 0 Å². The summed E-state index contributed by atoms with van der Waals surface area (Å²) in [6.07, 6.45) is 6.18. The lowest BCUT2D eigenvalue weighted by Gasteiger charge is -2.53. The van der Waals surface area contributed by atoms with Crippen molar-refractivity contribution in [2.24, 2.45) is 23.7 Å². The molecule has 0 N–H and O–H groups in total. The molecule has 0 spiro atoms. The van der Waals surface area contributed by atoms with Crippen LogP contribution in [0.15, 0.2) is 22.6 Å². The lowest BCUT2D eigenvalue weighted by atomic mass is 9.52. The molecule has 0 amide bonds. The second-order valence-electron chi connectivity index (χ2n) is 8.15. The Kier molecular flexibility index (Phi) is 3.53. The van der Waals surface area contributed by atoms with Gasteiger partial charge in [-0.15, -0.1) is 10.2 Å². The van der Waals surface area contributed by atoms with E-state index >= 15 is 0 Å². The second-order valence-corrected chi connectivity index (χ2v) is 8.15. The van der Waals surface area contributed by atoms with Crippen LogP contribution in [0.3, 0.4) is 0 Å². The molecule has 9 heteroatoms.